The summed E-state index contributed by atoms with van der Waals surface area (Å²) in [4.78, 5) is 27.5. The first-order valence-corrected chi connectivity index (χ1v) is 12.2. The summed E-state index contributed by atoms with van der Waals surface area (Å²) in [6, 6.07) is 9.71. The van der Waals surface area contributed by atoms with E-state index in [9.17, 15) is 19.1 Å². The van der Waals surface area contributed by atoms with E-state index < -0.39 is 23.7 Å². The second-order valence-corrected chi connectivity index (χ2v) is 9.14. The highest BCUT2D eigenvalue weighted by Crippen LogP contribution is 2.25. The van der Waals surface area contributed by atoms with E-state index in [4.69, 9.17) is 4.74 Å². The molecule has 4 rings (SSSR count). The molecule has 1 atom stereocenters. The molecule has 0 bridgehead atoms. The molecule has 1 aliphatic rings. The van der Waals surface area contributed by atoms with Crippen molar-refractivity contribution in [1.82, 2.24) is 15.6 Å². The van der Waals surface area contributed by atoms with E-state index in [1.54, 1.807) is 6.20 Å². The smallest absolute Gasteiger partial charge is 0.326 e. The summed E-state index contributed by atoms with van der Waals surface area (Å²) in [5, 5.41) is 16.4. The number of amides is 1. The number of ether oxygens (including phenoxy) is 1. The van der Waals surface area contributed by atoms with Gasteiger partial charge in [-0.1, -0.05) is 12.5 Å². The Morgan fingerprint density at radius 1 is 1.14 bits per heavy atom. The lowest BCUT2D eigenvalue weighted by Gasteiger charge is -2.22. The van der Waals surface area contributed by atoms with Crippen molar-refractivity contribution in [2.24, 2.45) is 5.92 Å². The first kappa shape index (κ1) is 24.7. The number of aliphatic carboxylic acids is 1. The Hall–Kier alpha value is -3.39. The van der Waals surface area contributed by atoms with Gasteiger partial charge in [0.15, 0.2) is 0 Å². The van der Waals surface area contributed by atoms with E-state index in [1.807, 2.05) is 18.2 Å². The van der Waals surface area contributed by atoms with Crippen molar-refractivity contribution in [2.75, 3.05) is 19.7 Å². The third-order valence-corrected chi connectivity index (χ3v) is 6.59. The normalized spacial score (nSPS) is 15.1. The maximum Gasteiger partial charge on any atom is 0.326 e. The fourth-order valence-corrected chi connectivity index (χ4v) is 4.60. The molecular weight excluding hydrogens is 449 g/mol. The molecule has 4 N–H and O–H groups in total. The number of carboxylic acid groups (broad SMARTS) is 1. The van der Waals surface area contributed by atoms with Crippen molar-refractivity contribution in [1.29, 1.82) is 0 Å². The van der Waals surface area contributed by atoms with Crippen LogP contribution >= 0.6 is 0 Å². The second-order valence-electron chi connectivity index (χ2n) is 9.14. The van der Waals surface area contributed by atoms with E-state index in [0.717, 1.165) is 60.1 Å². The summed E-state index contributed by atoms with van der Waals surface area (Å²) in [6.45, 7) is 2.88. The third kappa shape index (κ3) is 6.82. The van der Waals surface area contributed by atoms with Gasteiger partial charge in [-0.05, 0) is 86.7 Å². The van der Waals surface area contributed by atoms with E-state index in [0.29, 0.717) is 6.61 Å². The van der Waals surface area contributed by atoms with Crippen LogP contribution in [0.4, 0.5) is 4.39 Å². The van der Waals surface area contributed by atoms with Crippen molar-refractivity contribution in [3.8, 4) is 5.75 Å². The molecular formula is C27H32FN3O4. The van der Waals surface area contributed by atoms with Crippen molar-refractivity contribution < 1.29 is 23.8 Å². The number of fused-ring (bicyclic) bond motifs is 1. The zero-order chi connectivity index (χ0) is 24.6. The quantitative estimate of drug-likeness (QED) is 0.306. The van der Waals surface area contributed by atoms with Crippen LogP contribution in [0.2, 0.25) is 0 Å². The molecule has 3 aromatic rings. The van der Waals surface area contributed by atoms with Gasteiger partial charge in [-0.3, -0.25) is 4.79 Å². The molecule has 7 nitrogen and oxygen atoms in total. The molecule has 2 heterocycles. The molecule has 2 aromatic carbocycles. The largest absolute Gasteiger partial charge is 0.494 e. The summed E-state index contributed by atoms with van der Waals surface area (Å²) < 4.78 is 19.4. The highest BCUT2D eigenvalue weighted by atomic mass is 19.1. The molecule has 35 heavy (non-hydrogen) atoms. The first-order chi connectivity index (χ1) is 17.0. The van der Waals surface area contributed by atoms with Crippen molar-refractivity contribution in [2.45, 2.75) is 44.6 Å². The van der Waals surface area contributed by atoms with Gasteiger partial charge in [0.05, 0.1) is 6.61 Å². The Morgan fingerprint density at radius 3 is 2.74 bits per heavy atom. The Labute approximate surface area is 204 Å². The zero-order valence-corrected chi connectivity index (χ0v) is 19.7. The zero-order valence-electron chi connectivity index (χ0n) is 19.7. The Bertz CT molecular complexity index is 1160. The molecule has 0 unspecified atom stereocenters. The molecule has 1 aliphatic heterocycles. The topological polar surface area (TPSA) is 103 Å². The molecule has 0 aliphatic carbocycles. The monoisotopic (exact) mass is 481 g/mol. The van der Waals surface area contributed by atoms with Gasteiger partial charge in [0.2, 0.25) is 0 Å². The number of nitrogens with one attached hydrogen (secondary N) is 3. The molecule has 0 saturated carbocycles. The number of unbranched alkanes of at least 4 members (excludes halogenated alkanes) is 1. The second kappa shape index (κ2) is 11.8. The fourth-order valence-electron chi connectivity index (χ4n) is 4.60. The number of aromatic nitrogens is 1. The summed E-state index contributed by atoms with van der Waals surface area (Å²) in [6.07, 6.45) is 7.72. The number of H-pyrrole nitrogens is 1. The van der Waals surface area contributed by atoms with Crippen molar-refractivity contribution >= 4 is 22.8 Å². The minimum Gasteiger partial charge on any atom is -0.494 e. The van der Waals surface area contributed by atoms with Crippen LogP contribution in [0.15, 0.2) is 48.7 Å². The predicted molar refractivity (Wildman–Crippen MR) is 132 cm³/mol. The van der Waals surface area contributed by atoms with Gasteiger partial charge in [0, 0.05) is 29.1 Å². The summed E-state index contributed by atoms with van der Waals surface area (Å²) in [5.41, 5.74) is 1.69. The third-order valence-electron chi connectivity index (χ3n) is 6.59. The lowest BCUT2D eigenvalue weighted by molar-refractivity contribution is -0.139. The van der Waals surface area contributed by atoms with Gasteiger partial charge < -0.3 is 25.5 Å². The van der Waals surface area contributed by atoms with Crippen LogP contribution in [0.5, 0.6) is 5.75 Å². The van der Waals surface area contributed by atoms with Crippen LogP contribution in [-0.4, -0.2) is 47.7 Å². The number of hydrogen-bond acceptors (Lipinski definition) is 4. The van der Waals surface area contributed by atoms with Crippen LogP contribution in [0.25, 0.3) is 10.9 Å². The van der Waals surface area contributed by atoms with Crippen molar-refractivity contribution in [3.05, 3.63) is 65.6 Å². The number of hydrogen-bond donors (Lipinski definition) is 4. The van der Waals surface area contributed by atoms with Gasteiger partial charge in [0.1, 0.15) is 17.6 Å². The van der Waals surface area contributed by atoms with E-state index in [-0.39, 0.29) is 12.0 Å². The highest BCUT2D eigenvalue weighted by Gasteiger charge is 2.23. The van der Waals surface area contributed by atoms with E-state index in [2.05, 4.69) is 15.6 Å². The lowest BCUT2D eigenvalue weighted by Crippen LogP contribution is -2.42. The van der Waals surface area contributed by atoms with Crippen LogP contribution in [0.1, 0.15) is 48.0 Å². The first-order valence-electron chi connectivity index (χ1n) is 12.2. The van der Waals surface area contributed by atoms with Gasteiger partial charge in [-0.25, -0.2) is 9.18 Å². The molecule has 186 valence electrons. The number of halogens is 1. The van der Waals surface area contributed by atoms with Gasteiger partial charge in [-0.2, -0.15) is 0 Å². The molecule has 8 heteroatoms. The van der Waals surface area contributed by atoms with Gasteiger partial charge in [-0.15, -0.1) is 0 Å². The molecule has 1 amide bonds. The number of aromatic amines is 1. The Morgan fingerprint density at radius 2 is 1.97 bits per heavy atom. The molecule has 0 spiro atoms. The molecule has 1 fully saturated rings. The minimum atomic E-state index is -1.16. The number of benzene rings is 2. The number of carbonyl (C=O) groups is 2. The van der Waals surface area contributed by atoms with Crippen LogP contribution in [0.3, 0.4) is 0 Å². The number of carbonyl (C=O) groups excluding carboxylic acids is 1. The maximum absolute atomic E-state index is 13.4. The van der Waals surface area contributed by atoms with E-state index in [1.165, 1.54) is 37.5 Å². The molecule has 0 radical (unpaired) electrons. The average molecular weight is 482 g/mol. The van der Waals surface area contributed by atoms with Crippen LogP contribution in [-0.2, 0) is 11.2 Å². The summed E-state index contributed by atoms with van der Waals surface area (Å²) in [5.74, 6) is -0.801. The van der Waals surface area contributed by atoms with E-state index >= 15 is 0 Å². The lowest BCUT2D eigenvalue weighted by atomic mass is 9.93. The minimum absolute atomic E-state index is 0.0750. The summed E-state index contributed by atoms with van der Waals surface area (Å²) in [7, 11) is 0. The van der Waals surface area contributed by atoms with Crippen LogP contribution < -0.4 is 15.4 Å². The van der Waals surface area contributed by atoms with Crippen molar-refractivity contribution in [3.63, 3.8) is 0 Å². The highest BCUT2D eigenvalue weighted by molar-refractivity contribution is 5.96. The van der Waals surface area contributed by atoms with Crippen LogP contribution in [0, 0.1) is 11.7 Å². The Kier molecular flexibility index (Phi) is 8.36. The standard InChI is InChI=1S/C27H32FN3O4/c28-21-6-3-5-19(14-21)26(32)31-25(27(33)34)15-20-17-30-24-8-7-22(16-23(20)24)35-13-2-1-4-18-9-11-29-12-10-18/h3,5-8,14,16-18,25,29-30H,1-2,4,9-13,15H2,(H,31,32)(H,33,34)/t25-/m0/s1. The van der Waals surface area contributed by atoms with Gasteiger partial charge in [0.25, 0.3) is 5.91 Å². The number of rotatable bonds is 11. The SMILES string of the molecule is O=C(N[C@@H](Cc1c[nH]c2ccc(OCCCCC3CCNCC3)cc12)C(=O)O)c1cccc(F)c1. The van der Waals surface area contributed by atoms with Gasteiger partial charge >= 0.3 is 5.97 Å². The number of carboxylic acids is 1. The fraction of sp³-hybridized carbons (Fsp3) is 0.407. The average Bonchev–Trinajstić information content (AvgIpc) is 3.26. The maximum atomic E-state index is 13.4. The molecule has 1 aromatic heterocycles. The summed E-state index contributed by atoms with van der Waals surface area (Å²) >= 11 is 0. The Balaban J connectivity index is 1.35. The molecule has 1 saturated heterocycles. The predicted octanol–water partition coefficient (Wildman–Crippen LogP) is 4.28. The number of piperidine rings is 1.